The van der Waals surface area contributed by atoms with Crippen molar-refractivity contribution in [2.24, 2.45) is 11.8 Å². The molecule has 8 amide bonds. The zero-order valence-electron chi connectivity index (χ0n) is 44.6. The first-order valence-corrected chi connectivity index (χ1v) is 26.6. The quantitative estimate of drug-likeness (QED) is 0.0837. The highest BCUT2D eigenvalue weighted by Gasteiger charge is 2.46. The zero-order valence-corrected chi connectivity index (χ0v) is 44.6. The smallest absolute Gasteiger partial charge is 0.251 e. The van der Waals surface area contributed by atoms with Crippen LogP contribution in [0.4, 0.5) is 5.69 Å². The van der Waals surface area contributed by atoms with Crippen LogP contribution in [0.25, 0.3) is 0 Å². The van der Waals surface area contributed by atoms with Gasteiger partial charge in [-0.3, -0.25) is 38.4 Å². The fourth-order valence-corrected chi connectivity index (χ4v) is 10.9. The van der Waals surface area contributed by atoms with E-state index in [-0.39, 0.29) is 90.3 Å². The zero-order chi connectivity index (χ0) is 54.2. The lowest BCUT2D eigenvalue weighted by Gasteiger charge is -2.32. The number of carbonyl (C=O) groups is 8. The highest BCUT2D eigenvalue weighted by Crippen LogP contribution is 2.33. The fourth-order valence-electron chi connectivity index (χ4n) is 10.9. The third kappa shape index (κ3) is 13.2. The van der Waals surface area contributed by atoms with Crippen LogP contribution in [0.1, 0.15) is 135 Å². The predicted octanol–water partition coefficient (Wildman–Crippen LogP) is 2.55. The molecule has 0 aromatic heterocycles. The molecule has 0 spiro atoms. The molecule has 0 unspecified atom stereocenters. The van der Waals surface area contributed by atoms with Gasteiger partial charge in [-0.1, -0.05) is 76.2 Å². The van der Waals surface area contributed by atoms with Crippen LogP contribution in [0.2, 0.25) is 0 Å². The van der Waals surface area contributed by atoms with Gasteiger partial charge < -0.3 is 58.1 Å². The number of anilines is 1. The Hall–Kier alpha value is -6.86. The van der Waals surface area contributed by atoms with Crippen LogP contribution >= 0.6 is 0 Å². The Labute approximate surface area is 440 Å². The molecule has 0 radical (unpaired) electrons. The van der Waals surface area contributed by atoms with Crippen LogP contribution in [0.15, 0.2) is 66.7 Å². The molecule has 2 aliphatic carbocycles. The molecule has 0 bridgehead atoms. The predicted molar refractivity (Wildman–Crippen MR) is 285 cm³/mol. The molecule has 4 aliphatic rings. The number of aryl methyl sites for hydroxylation is 2. The van der Waals surface area contributed by atoms with Gasteiger partial charge in [0.25, 0.3) is 11.8 Å². The molecule has 2 saturated heterocycles. The number of hydrogen-bond donors (Lipinski definition) is 9. The minimum absolute atomic E-state index is 0.0327. The summed E-state index contributed by atoms with van der Waals surface area (Å²) in [4.78, 5) is 115. The van der Waals surface area contributed by atoms with E-state index in [9.17, 15) is 38.4 Å². The Morgan fingerprint density at radius 2 is 0.933 bits per heavy atom. The van der Waals surface area contributed by atoms with E-state index in [4.69, 9.17) is 5.73 Å². The lowest BCUT2D eigenvalue weighted by atomic mass is 9.87. The molecule has 404 valence electrons. The number of benzene rings is 3. The van der Waals surface area contributed by atoms with Crippen molar-refractivity contribution in [2.45, 2.75) is 153 Å². The van der Waals surface area contributed by atoms with Crippen molar-refractivity contribution in [1.29, 1.82) is 0 Å². The third-order valence-electron chi connectivity index (χ3n) is 15.4. The van der Waals surface area contributed by atoms with Crippen LogP contribution in [-0.2, 0) is 41.6 Å². The lowest BCUT2D eigenvalue weighted by molar-refractivity contribution is -0.142. The molecule has 3 aromatic rings. The Morgan fingerprint density at radius 1 is 0.547 bits per heavy atom. The van der Waals surface area contributed by atoms with Crippen LogP contribution in [0, 0.1) is 11.8 Å². The molecule has 19 heteroatoms. The average Bonchev–Trinajstić information content (AvgIpc) is 4.03. The number of rotatable bonds is 18. The maximum Gasteiger partial charge on any atom is 0.251 e. The molecule has 75 heavy (non-hydrogen) atoms. The van der Waals surface area contributed by atoms with Gasteiger partial charge in [0.15, 0.2) is 0 Å². The van der Waals surface area contributed by atoms with E-state index in [1.54, 1.807) is 27.9 Å². The molecule has 0 saturated carbocycles. The van der Waals surface area contributed by atoms with Crippen LogP contribution in [0.3, 0.4) is 0 Å². The summed E-state index contributed by atoms with van der Waals surface area (Å²) >= 11 is 0. The number of likely N-dealkylation sites (N-methyl/N-ethyl adjacent to an activating group) is 2. The van der Waals surface area contributed by atoms with Crippen molar-refractivity contribution in [3.63, 3.8) is 0 Å². The summed E-state index contributed by atoms with van der Waals surface area (Å²) in [7, 11) is 3.29. The maximum atomic E-state index is 14.5. The average molecular weight is 1030 g/mol. The van der Waals surface area contributed by atoms with Crippen LogP contribution in [0.5, 0.6) is 0 Å². The van der Waals surface area contributed by atoms with E-state index in [0.717, 1.165) is 60.8 Å². The molecule has 10 atom stereocenters. The Kier molecular flexibility index (Phi) is 18.4. The molecular weight excluding hydrogens is 955 g/mol. The Morgan fingerprint density at radius 3 is 1.31 bits per heavy atom. The van der Waals surface area contributed by atoms with E-state index in [1.807, 2.05) is 64.1 Å². The van der Waals surface area contributed by atoms with Gasteiger partial charge >= 0.3 is 0 Å². The van der Waals surface area contributed by atoms with Crippen LogP contribution in [-0.4, -0.2) is 133 Å². The molecule has 7 rings (SSSR count). The lowest BCUT2D eigenvalue weighted by Crippen LogP contribution is -2.57. The molecule has 2 fully saturated rings. The first kappa shape index (κ1) is 55.9. The third-order valence-corrected chi connectivity index (χ3v) is 15.4. The van der Waals surface area contributed by atoms with E-state index in [1.165, 1.54) is 28.0 Å². The summed E-state index contributed by atoms with van der Waals surface area (Å²) in [5.41, 5.74) is 10.9. The van der Waals surface area contributed by atoms with Gasteiger partial charge in [-0.2, -0.15) is 0 Å². The number of amides is 8. The highest BCUT2D eigenvalue weighted by atomic mass is 16.2. The molecular formula is C56H77N11O8. The summed E-state index contributed by atoms with van der Waals surface area (Å²) in [5, 5.41) is 23.9. The number of nitrogen functional groups attached to an aromatic ring is 1. The van der Waals surface area contributed by atoms with Gasteiger partial charge in [0.2, 0.25) is 35.4 Å². The summed E-state index contributed by atoms with van der Waals surface area (Å²) in [5.74, 6) is -4.27. The van der Waals surface area contributed by atoms with Crippen molar-refractivity contribution in [3.8, 4) is 0 Å². The van der Waals surface area contributed by atoms with Crippen LogP contribution < -0.4 is 48.3 Å². The monoisotopic (exact) mass is 1030 g/mol. The Bertz CT molecular complexity index is 2450. The number of nitrogens with zero attached hydrogens (tertiary/aromatic N) is 2. The number of likely N-dealkylation sites (tertiary alicyclic amines) is 2. The SMILES string of the molecule is CN[C@@H](C)C(=O)N[C@H](C(=O)N1C[C@@H](NC(=O)c2cc(N)cc(C(=O)N[C@H]3C[C@@H](C(=O)N[C@@H]4CCCc5ccccc54)N(C(=O)[C@@H](NC(=O)[C@H](C)NC)C(C)C)C3)c2)C[C@H]1C(=O)N[C@@H]1CCCc2ccccc21)C(C)C. The summed E-state index contributed by atoms with van der Waals surface area (Å²) in [6, 6.07) is 13.2. The minimum Gasteiger partial charge on any atom is -0.399 e. The summed E-state index contributed by atoms with van der Waals surface area (Å²) < 4.78 is 0. The van der Waals surface area contributed by atoms with E-state index >= 15 is 0 Å². The number of nitrogens with one attached hydrogen (secondary N) is 8. The van der Waals surface area contributed by atoms with Gasteiger partial charge in [-0.05, 0) is 132 Å². The van der Waals surface area contributed by atoms with Crippen molar-refractivity contribution in [2.75, 3.05) is 32.9 Å². The molecule has 19 nitrogen and oxygen atoms in total. The number of carbonyl (C=O) groups excluding carboxylic acids is 8. The topological polar surface area (TPSA) is 265 Å². The number of hydrogen-bond acceptors (Lipinski definition) is 11. The first-order chi connectivity index (χ1) is 35.8. The maximum absolute atomic E-state index is 14.5. The van der Waals surface area contributed by atoms with Crippen molar-refractivity contribution in [3.05, 3.63) is 100 Å². The number of fused-ring (bicyclic) bond motifs is 2. The van der Waals surface area contributed by atoms with Gasteiger partial charge in [0, 0.05) is 42.0 Å². The second-order valence-corrected chi connectivity index (χ2v) is 21.5. The molecule has 10 N–H and O–H groups in total. The normalized spacial score (nSPS) is 22.7. The minimum atomic E-state index is -0.981. The van der Waals surface area contributed by atoms with Gasteiger partial charge in [-0.15, -0.1) is 0 Å². The van der Waals surface area contributed by atoms with Gasteiger partial charge in [-0.25, -0.2) is 0 Å². The van der Waals surface area contributed by atoms with Crippen molar-refractivity contribution >= 4 is 52.9 Å². The van der Waals surface area contributed by atoms with Gasteiger partial charge in [0.1, 0.15) is 24.2 Å². The highest BCUT2D eigenvalue weighted by molar-refractivity contribution is 6.02. The van der Waals surface area contributed by atoms with Crippen molar-refractivity contribution < 1.29 is 38.4 Å². The van der Waals surface area contributed by atoms with Gasteiger partial charge in [0.05, 0.1) is 24.2 Å². The first-order valence-electron chi connectivity index (χ1n) is 26.6. The summed E-state index contributed by atoms with van der Waals surface area (Å²) in [6.07, 6.45) is 5.14. The van der Waals surface area contributed by atoms with E-state index < -0.39 is 72.0 Å². The molecule has 2 aliphatic heterocycles. The second kappa shape index (κ2) is 24.7. The Balaban J connectivity index is 1.09. The number of nitrogens with two attached hydrogens (primary N) is 1. The summed E-state index contributed by atoms with van der Waals surface area (Å²) in [6.45, 7) is 10.6. The standard InChI is InChI=1S/C56H77N11O8/c1-30(2)47(64-49(68)32(5)58-7)55(74)66-28-39(26-45(66)53(72)62-43-21-13-17-34-15-9-11-19-41(34)43)60-51(70)36-23-37(25-38(57)24-36)52(71)61-40-27-46(54(73)63-44-22-14-18-35-16-10-12-20-42(35)44)67(29-40)56(75)48(31(3)4)65-50(69)33(6)59-8/h9-12,15-16,19-20,23-25,30-33,39-40,43-48,58-59H,13-14,17-18,21-22,26-29,57H2,1-8H3,(H,60,70)(H,61,71)(H,62,72)(H,63,73)(H,64,68)(H,65,69)/t32-,33-,39-,40-,43+,44+,45-,46-,47-,48-/m0/s1. The largest absolute Gasteiger partial charge is 0.399 e. The fraction of sp³-hybridized carbons (Fsp3) is 0.536. The van der Waals surface area contributed by atoms with Crippen molar-refractivity contribution in [1.82, 2.24) is 52.3 Å². The second-order valence-electron chi connectivity index (χ2n) is 21.5. The molecule has 3 aromatic carbocycles. The molecule has 2 heterocycles. The van der Waals surface area contributed by atoms with E-state index in [0.29, 0.717) is 0 Å². The van der Waals surface area contributed by atoms with E-state index in [2.05, 4.69) is 54.7 Å².